The molecule has 0 spiro atoms. The van der Waals surface area contributed by atoms with Crippen LogP contribution in [0.25, 0.3) is 129 Å². The monoisotopic (exact) mass is 600 g/mol. The molecule has 13 aromatic rings. The second kappa shape index (κ2) is 8.00. The number of hydrogen-bond acceptors (Lipinski definition) is 0. The minimum Gasteiger partial charge on any atom is -0.0616 e. The molecular weight excluding hydrogens is 577 g/mol. The first kappa shape index (κ1) is 24.0. The van der Waals surface area contributed by atoms with Crippen LogP contribution in [0.3, 0.4) is 0 Å². The molecule has 216 valence electrons. The standard InChI is InChI=1S/C48H24/c1-3-7-30-23-38-32(21-28(30)5-1)16-20-37-43(38)36-19-14-27-12-10-25-9-11-26-13-17-35-34-18-15-33-22-29-6-2-4-8-31(29)24-39(33)44(34)47(37)48-45(35)41(26)40(25)42(27)46(36)48/h1-24H. The van der Waals surface area contributed by atoms with Gasteiger partial charge in [-0.2, -0.15) is 0 Å². The van der Waals surface area contributed by atoms with Gasteiger partial charge in [0.1, 0.15) is 0 Å². The third-order valence-corrected chi connectivity index (χ3v) is 11.7. The van der Waals surface area contributed by atoms with Crippen molar-refractivity contribution in [2.75, 3.05) is 0 Å². The van der Waals surface area contributed by atoms with Crippen LogP contribution in [-0.4, -0.2) is 0 Å². The lowest BCUT2D eigenvalue weighted by Crippen LogP contribution is -1.96. The van der Waals surface area contributed by atoms with Gasteiger partial charge in [-0.25, -0.2) is 0 Å². The van der Waals surface area contributed by atoms with E-state index < -0.39 is 0 Å². The van der Waals surface area contributed by atoms with Crippen molar-refractivity contribution in [3.8, 4) is 0 Å². The van der Waals surface area contributed by atoms with Gasteiger partial charge in [0.25, 0.3) is 0 Å². The molecule has 0 bridgehead atoms. The van der Waals surface area contributed by atoms with Gasteiger partial charge in [0.15, 0.2) is 0 Å². The molecule has 0 atom stereocenters. The zero-order valence-corrected chi connectivity index (χ0v) is 25.9. The van der Waals surface area contributed by atoms with Crippen molar-refractivity contribution >= 4 is 129 Å². The van der Waals surface area contributed by atoms with Crippen LogP contribution in [0.15, 0.2) is 146 Å². The van der Waals surface area contributed by atoms with Crippen LogP contribution in [0.2, 0.25) is 0 Å². The summed E-state index contributed by atoms with van der Waals surface area (Å²) in [5, 5.41) is 32.3. The van der Waals surface area contributed by atoms with E-state index in [0.717, 1.165) is 0 Å². The van der Waals surface area contributed by atoms with E-state index in [1.54, 1.807) is 0 Å². The molecule has 0 unspecified atom stereocenters. The second-order valence-electron chi connectivity index (χ2n) is 14.0. The van der Waals surface area contributed by atoms with Gasteiger partial charge in [0.05, 0.1) is 0 Å². The first-order chi connectivity index (χ1) is 23.8. The maximum Gasteiger partial charge on any atom is -0.0000706 e. The Labute approximate surface area is 274 Å². The zero-order chi connectivity index (χ0) is 30.8. The van der Waals surface area contributed by atoms with E-state index in [1.165, 1.54) is 129 Å². The van der Waals surface area contributed by atoms with Gasteiger partial charge in [-0.1, -0.05) is 121 Å². The van der Waals surface area contributed by atoms with Gasteiger partial charge in [-0.05, 0) is 154 Å². The van der Waals surface area contributed by atoms with E-state index in [4.69, 9.17) is 0 Å². The Morgan fingerprint density at radius 3 is 1.06 bits per heavy atom. The number of benzene rings is 13. The summed E-state index contributed by atoms with van der Waals surface area (Å²) in [6.07, 6.45) is 0. The van der Waals surface area contributed by atoms with Crippen LogP contribution in [0.1, 0.15) is 0 Å². The molecule has 0 aliphatic rings. The summed E-state index contributed by atoms with van der Waals surface area (Å²) in [7, 11) is 0. The number of rotatable bonds is 0. The van der Waals surface area contributed by atoms with Crippen molar-refractivity contribution < 1.29 is 0 Å². The summed E-state index contributed by atoms with van der Waals surface area (Å²) in [5.41, 5.74) is 0. The molecule has 0 aromatic heterocycles. The molecule has 0 nitrogen and oxygen atoms in total. The topological polar surface area (TPSA) is 0 Å². The number of fused-ring (bicyclic) bond motifs is 12. The Kier molecular flexibility index (Phi) is 4.00. The summed E-state index contributed by atoms with van der Waals surface area (Å²) in [6.45, 7) is 0. The Bertz CT molecular complexity index is 3540. The van der Waals surface area contributed by atoms with Crippen molar-refractivity contribution in [1.82, 2.24) is 0 Å². The molecule has 0 saturated carbocycles. The maximum atomic E-state index is 2.45. The van der Waals surface area contributed by atoms with Crippen LogP contribution in [0, 0.1) is 0 Å². The zero-order valence-electron chi connectivity index (χ0n) is 25.9. The molecule has 0 amide bonds. The lowest BCUT2D eigenvalue weighted by molar-refractivity contribution is 1.79. The molecule has 0 radical (unpaired) electrons. The molecule has 0 aliphatic heterocycles. The predicted molar refractivity (Wildman–Crippen MR) is 210 cm³/mol. The SMILES string of the molecule is c1ccc2cc3c(ccc4c3c3ccc5ccc6ccc7ccc8c9ccc%10cc%11ccccc%11cc%10c9c4c4c8c7c6c5c34)cc2c1. The average molecular weight is 601 g/mol. The summed E-state index contributed by atoms with van der Waals surface area (Å²) in [6, 6.07) is 55.7. The van der Waals surface area contributed by atoms with E-state index in [9.17, 15) is 0 Å². The van der Waals surface area contributed by atoms with Crippen molar-refractivity contribution in [1.29, 1.82) is 0 Å². The van der Waals surface area contributed by atoms with Gasteiger partial charge in [-0.3, -0.25) is 0 Å². The van der Waals surface area contributed by atoms with Gasteiger partial charge >= 0.3 is 0 Å². The first-order valence-electron chi connectivity index (χ1n) is 16.9. The van der Waals surface area contributed by atoms with Crippen LogP contribution in [-0.2, 0) is 0 Å². The summed E-state index contributed by atoms with van der Waals surface area (Å²) >= 11 is 0. The first-order valence-corrected chi connectivity index (χ1v) is 16.9. The smallest absolute Gasteiger partial charge is 0.0000706 e. The van der Waals surface area contributed by atoms with Gasteiger partial charge in [0, 0.05) is 0 Å². The molecular formula is C48H24. The Morgan fingerprint density at radius 1 is 0.167 bits per heavy atom. The minimum absolute atomic E-state index is 1.28. The maximum absolute atomic E-state index is 2.45. The van der Waals surface area contributed by atoms with Crippen molar-refractivity contribution in [3.05, 3.63) is 146 Å². The lowest BCUT2D eigenvalue weighted by Gasteiger charge is -2.24. The highest BCUT2D eigenvalue weighted by molar-refractivity contribution is 6.54. The van der Waals surface area contributed by atoms with Crippen LogP contribution >= 0.6 is 0 Å². The molecule has 0 fully saturated rings. The third kappa shape index (κ3) is 2.66. The van der Waals surface area contributed by atoms with Crippen molar-refractivity contribution in [2.45, 2.75) is 0 Å². The van der Waals surface area contributed by atoms with E-state index in [2.05, 4.69) is 146 Å². The van der Waals surface area contributed by atoms with Crippen LogP contribution in [0.4, 0.5) is 0 Å². The molecule has 0 saturated heterocycles. The van der Waals surface area contributed by atoms with Crippen LogP contribution in [0.5, 0.6) is 0 Å². The van der Waals surface area contributed by atoms with Gasteiger partial charge < -0.3 is 0 Å². The number of hydrogen-bond donors (Lipinski definition) is 0. The molecule has 0 N–H and O–H groups in total. The molecule has 0 heterocycles. The highest BCUT2D eigenvalue weighted by Gasteiger charge is 2.25. The van der Waals surface area contributed by atoms with E-state index in [1.807, 2.05) is 0 Å². The fourth-order valence-electron chi connectivity index (χ4n) is 9.79. The molecule has 13 rings (SSSR count). The highest BCUT2D eigenvalue weighted by atomic mass is 14.3. The van der Waals surface area contributed by atoms with E-state index >= 15 is 0 Å². The lowest BCUT2D eigenvalue weighted by atomic mass is 9.78. The quantitative estimate of drug-likeness (QED) is 0.120. The normalized spacial score (nSPS) is 13.0. The molecule has 0 heteroatoms. The molecule has 13 aromatic carbocycles. The van der Waals surface area contributed by atoms with Gasteiger partial charge in [0.2, 0.25) is 0 Å². The van der Waals surface area contributed by atoms with Crippen LogP contribution < -0.4 is 0 Å². The Morgan fingerprint density at radius 2 is 0.521 bits per heavy atom. The molecule has 0 aliphatic carbocycles. The second-order valence-corrected chi connectivity index (χ2v) is 14.0. The highest BCUT2D eigenvalue weighted by Crippen LogP contribution is 2.54. The largest absolute Gasteiger partial charge is 0.0616 e. The summed E-state index contributed by atoms with van der Waals surface area (Å²) < 4.78 is 0. The van der Waals surface area contributed by atoms with E-state index in [-0.39, 0.29) is 0 Å². The summed E-state index contributed by atoms with van der Waals surface area (Å²) in [5.74, 6) is 0. The minimum atomic E-state index is 1.28. The fraction of sp³-hybridized carbons (Fsp3) is 0. The van der Waals surface area contributed by atoms with Gasteiger partial charge in [-0.15, -0.1) is 0 Å². The fourth-order valence-corrected chi connectivity index (χ4v) is 9.79. The third-order valence-electron chi connectivity index (χ3n) is 11.7. The Balaban J connectivity index is 1.45. The van der Waals surface area contributed by atoms with E-state index in [0.29, 0.717) is 0 Å². The predicted octanol–water partition coefficient (Wildman–Crippen LogP) is 13.8. The van der Waals surface area contributed by atoms with Crippen molar-refractivity contribution in [3.63, 3.8) is 0 Å². The Hall–Kier alpha value is -6.24. The van der Waals surface area contributed by atoms with Crippen molar-refractivity contribution in [2.24, 2.45) is 0 Å². The molecule has 48 heavy (non-hydrogen) atoms. The summed E-state index contributed by atoms with van der Waals surface area (Å²) in [4.78, 5) is 0. The average Bonchev–Trinajstić information content (AvgIpc) is 3.14.